The summed E-state index contributed by atoms with van der Waals surface area (Å²) < 4.78 is 0. The van der Waals surface area contributed by atoms with E-state index in [9.17, 15) is 5.11 Å². The van der Waals surface area contributed by atoms with Gasteiger partial charge in [-0.1, -0.05) is 36.3 Å². The lowest BCUT2D eigenvalue weighted by Crippen LogP contribution is -2.14. The Kier molecular flexibility index (Phi) is 6.39. The maximum Gasteiger partial charge on any atom is 0.162 e. The molecule has 0 spiro atoms. The van der Waals surface area contributed by atoms with Crippen LogP contribution in [0.2, 0.25) is 0 Å². The predicted molar refractivity (Wildman–Crippen MR) is 127 cm³/mol. The van der Waals surface area contributed by atoms with E-state index >= 15 is 0 Å². The third-order valence-electron chi connectivity index (χ3n) is 4.82. The average Bonchev–Trinajstić information content (AvgIpc) is 2.81. The molecule has 6 nitrogen and oxygen atoms in total. The van der Waals surface area contributed by atoms with Crippen molar-refractivity contribution in [2.75, 3.05) is 11.9 Å². The molecule has 2 N–H and O–H groups in total. The largest absolute Gasteiger partial charge is 0.378 e. The first-order valence-corrected chi connectivity index (χ1v) is 10.6. The van der Waals surface area contributed by atoms with Gasteiger partial charge in [-0.15, -0.1) is 0 Å². The summed E-state index contributed by atoms with van der Waals surface area (Å²) in [7, 11) is 0. The fourth-order valence-corrected chi connectivity index (χ4v) is 3.27. The first-order chi connectivity index (χ1) is 15.5. The van der Waals surface area contributed by atoms with E-state index < -0.39 is 5.60 Å². The molecule has 0 saturated heterocycles. The Morgan fingerprint density at radius 2 is 1.75 bits per heavy atom. The standard InChI is InChI=1S/C26H25N5O/c1-26(2,32)14-10-22-23-21(13-18-28-22)25(29-15-6-9-19-7-4-3-5-8-19)31-24(30-23)20-11-16-27-17-12-20/h3-5,7-8,11-13,16-18,32H,6,9,15H2,1-2H3,(H,29,30,31). The van der Waals surface area contributed by atoms with Crippen molar-refractivity contribution in [3.05, 3.63) is 78.4 Å². The molecule has 3 heterocycles. The molecule has 0 aliphatic rings. The van der Waals surface area contributed by atoms with Crippen LogP contribution in [0.15, 0.2) is 67.1 Å². The fourth-order valence-electron chi connectivity index (χ4n) is 3.27. The number of aromatic nitrogens is 4. The number of benzene rings is 1. The summed E-state index contributed by atoms with van der Waals surface area (Å²) in [6, 6.07) is 16.1. The minimum absolute atomic E-state index is 0.509. The molecular weight excluding hydrogens is 398 g/mol. The lowest BCUT2D eigenvalue weighted by Gasteiger charge is -2.12. The molecule has 0 aliphatic carbocycles. The molecule has 160 valence electrons. The van der Waals surface area contributed by atoms with Crippen LogP contribution in [0, 0.1) is 11.8 Å². The summed E-state index contributed by atoms with van der Waals surface area (Å²) in [6.45, 7) is 4.05. The van der Waals surface area contributed by atoms with Crippen LogP contribution in [0.25, 0.3) is 22.3 Å². The van der Waals surface area contributed by atoms with Gasteiger partial charge in [0.25, 0.3) is 0 Å². The number of nitrogens with one attached hydrogen (secondary N) is 1. The highest BCUT2D eigenvalue weighted by Gasteiger charge is 2.13. The van der Waals surface area contributed by atoms with Gasteiger partial charge in [0.05, 0.1) is 0 Å². The Bertz CT molecular complexity index is 1260. The summed E-state index contributed by atoms with van der Waals surface area (Å²) in [5.74, 6) is 7.13. The molecule has 0 fully saturated rings. The summed E-state index contributed by atoms with van der Waals surface area (Å²) in [4.78, 5) is 18.0. The van der Waals surface area contributed by atoms with Crippen molar-refractivity contribution in [1.29, 1.82) is 0 Å². The van der Waals surface area contributed by atoms with E-state index in [0.29, 0.717) is 17.0 Å². The molecule has 3 aromatic heterocycles. The van der Waals surface area contributed by atoms with E-state index in [0.717, 1.165) is 36.2 Å². The van der Waals surface area contributed by atoms with Gasteiger partial charge in [0, 0.05) is 36.1 Å². The number of rotatable bonds is 6. The number of pyridine rings is 2. The highest BCUT2D eigenvalue weighted by atomic mass is 16.3. The highest BCUT2D eigenvalue weighted by Crippen LogP contribution is 2.26. The van der Waals surface area contributed by atoms with E-state index in [2.05, 4.69) is 51.4 Å². The third kappa shape index (κ3) is 5.45. The molecule has 1 aromatic carbocycles. The van der Waals surface area contributed by atoms with Crippen molar-refractivity contribution in [2.24, 2.45) is 0 Å². The molecule has 0 aliphatic heterocycles. The zero-order chi connectivity index (χ0) is 22.4. The van der Waals surface area contributed by atoms with Crippen molar-refractivity contribution in [1.82, 2.24) is 19.9 Å². The molecule has 6 heteroatoms. The average molecular weight is 424 g/mol. The zero-order valence-electron chi connectivity index (χ0n) is 18.2. The van der Waals surface area contributed by atoms with Crippen LogP contribution in [-0.4, -0.2) is 37.2 Å². The molecule has 0 amide bonds. The maximum atomic E-state index is 10.0. The minimum atomic E-state index is -1.12. The van der Waals surface area contributed by atoms with Gasteiger partial charge in [-0.05, 0) is 56.4 Å². The predicted octanol–water partition coefficient (Wildman–Crippen LogP) is 4.25. The summed E-state index contributed by atoms with van der Waals surface area (Å²) in [6.07, 6.45) is 7.08. The number of fused-ring (bicyclic) bond motifs is 1. The molecular formula is C26H25N5O. The summed E-state index contributed by atoms with van der Waals surface area (Å²) >= 11 is 0. The van der Waals surface area contributed by atoms with Crippen molar-refractivity contribution < 1.29 is 5.11 Å². The van der Waals surface area contributed by atoms with E-state index in [-0.39, 0.29) is 0 Å². The lowest BCUT2D eigenvalue weighted by molar-refractivity contribution is 0.143. The monoisotopic (exact) mass is 423 g/mol. The van der Waals surface area contributed by atoms with Gasteiger partial charge in [0.15, 0.2) is 5.82 Å². The second kappa shape index (κ2) is 9.54. The summed E-state index contributed by atoms with van der Waals surface area (Å²) in [5.41, 5.74) is 2.21. The molecule has 0 saturated carbocycles. The van der Waals surface area contributed by atoms with Crippen LogP contribution in [-0.2, 0) is 6.42 Å². The van der Waals surface area contributed by atoms with E-state index in [1.165, 1.54) is 5.56 Å². The smallest absolute Gasteiger partial charge is 0.162 e. The number of aryl methyl sites for hydroxylation is 1. The van der Waals surface area contributed by atoms with E-state index in [1.54, 1.807) is 32.4 Å². The van der Waals surface area contributed by atoms with Gasteiger partial charge in [0.1, 0.15) is 22.6 Å². The maximum absolute atomic E-state index is 10.0. The van der Waals surface area contributed by atoms with Crippen LogP contribution in [0.5, 0.6) is 0 Å². The molecule has 0 unspecified atom stereocenters. The van der Waals surface area contributed by atoms with E-state index in [4.69, 9.17) is 9.97 Å². The SMILES string of the molecule is CC(C)(O)C#Cc1nccc2c(NCCCc3ccccc3)nc(-c3ccncc3)nc12. The van der Waals surface area contributed by atoms with Crippen LogP contribution < -0.4 is 5.32 Å². The Morgan fingerprint density at radius 3 is 2.50 bits per heavy atom. The quantitative estimate of drug-likeness (QED) is 0.356. The van der Waals surface area contributed by atoms with Crippen molar-refractivity contribution in [2.45, 2.75) is 32.3 Å². The van der Waals surface area contributed by atoms with Gasteiger partial charge in [-0.2, -0.15) is 0 Å². The van der Waals surface area contributed by atoms with E-state index in [1.807, 2.05) is 24.3 Å². The molecule has 4 rings (SSSR count). The molecule has 4 aromatic rings. The number of anilines is 1. The normalized spacial score (nSPS) is 11.1. The first-order valence-electron chi connectivity index (χ1n) is 10.6. The molecule has 0 radical (unpaired) electrons. The van der Waals surface area contributed by atoms with Gasteiger partial charge >= 0.3 is 0 Å². The number of nitrogens with zero attached hydrogens (tertiary/aromatic N) is 4. The minimum Gasteiger partial charge on any atom is -0.378 e. The Labute approximate surface area is 187 Å². The van der Waals surface area contributed by atoms with Crippen molar-refractivity contribution >= 4 is 16.7 Å². The van der Waals surface area contributed by atoms with Crippen LogP contribution in [0.4, 0.5) is 5.82 Å². The second-order valence-corrected chi connectivity index (χ2v) is 8.01. The fraction of sp³-hybridized carbons (Fsp3) is 0.231. The Balaban J connectivity index is 1.69. The van der Waals surface area contributed by atoms with Crippen LogP contribution in [0.3, 0.4) is 0 Å². The van der Waals surface area contributed by atoms with Crippen LogP contribution >= 0.6 is 0 Å². The zero-order valence-corrected chi connectivity index (χ0v) is 18.2. The highest BCUT2D eigenvalue weighted by molar-refractivity contribution is 5.93. The van der Waals surface area contributed by atoms with Crippen LogP contribution in [0.1, 0.15) is 31.5 Å². The lowest BCUT2D eigenvalue weighted by atomic mass is 10.1. The molecule has 32 heavy (non-hydrogen) atoms. The third-order valence-corrected chi connectivity index (χ3v) is 4.82. The Hall–Kier alpha value is -3.82. The molecule has 0 atom stereocenters. The van der Waals surface area contributed by atoms with Gasteiger partial charge in [-0.3, -0.25) is 4.98 Å². The number of hydrogen-bond donors (Lipinski definition) is 2. The number of aliphatic hydroxyl groups is 1. The Morgan fingerprint density at radius 1 is 0.969 bits per heavy atom. The van der Waals surface area contributed by atoms with Gasteiger partial charge in [0.2, 0.25) is 0 Å². The van der Waals surface area contributed by atoms with Crippen molar-refractivity contribution in [3.8, 4) is 23.2 Å². The topological polar surface area (TPSA) is 83.8 Å². The summed E-state index contributed by atoms with van der Waals surface area (Å²) in [5, 5.41) is 14.3. The van der Waals surface area contributed by atoms with Gasteiger partial charge < -0.3 is 10.4 Å². The van der Waals surface area contributed by atoms with Crippen molar-refractivity contribution in [3.63, 3.8) is 0 Å². The molecule has 0 bridgehead atoms. The number of hydrogen-bond acceptors (Lipinski definition) is 6. The first kappa shape index (κ1) is 21.4. The second-order valence-electron chi connectivity index (χ2n) is 8.01. The van der Waals surface area contributed by atoms with Gasteiger partial charge in [-0.25, -0.2) is 15.0 Å².